The van der Waals surface area contributed by atoms with E-state index < -0.39 is 6.23 Å². The number of fused-ring (bicyclic) bond motifs is 1. The second-order valence-corrected chi connectivity index (χ2v) is 8.15. The molecule has 2 aliphatic heterocycles. The molecule has 1 saturated heterocycles. The van der Waals surface area contributed by atoms with Crippen molar-refractivity contribution in [2.24, 2.45) is 0 Å². The van der Waals surface area contributed by atoms with E-state index in [0.717, 1.165) is 23.1 Å². The van der Waals surface area contributed by atoms with Gasteiger partial charge in [0.25, 0.3) is 11.1 Å². The Labute approximate surface area is 182 Å². The van der Waals surface area contributed by atoms with Gasteiger partial charge in [-0.2, -0.15) is 0 Å². The predicted molar refractivity (Wildman–Crippen MR) is 114 cm³/mol. The van der Waals surface area contributed by atoms with Gasteiger partial charge >= 0.3 is 0 Å². The molecule has 0 saturated carbocycles. The molecule has 30 heavy (non-hydrogen) atoms. The number of carbonyl (C=O) groups excluding carboxylic acids is 3. The third kappa shape index (κ3) is 3.90. The predicted octanol–water partition coefficient (Wildman–Crippen LogP) is 4.46. The summed E-state index contributed by atoms with van der Waals surface area (Å²) in [7, 11) is 0. The van der Waals surface area contributed by atoms with Crippen LogP contribution in [0, 0.1) is 0 Å². The maximum atomic E-state index is 13.0. The number of nitrogens with zero attached hydrogens (tertiary/aromatic N) is 2. The number of hydrogen-bond acceptors (Lipinski definition) is 6. The average Bonchev–Trinajstić information content (AvgIpc) is 3.08. The van der Waals surface area contributed by atoms with Gasteiger partial charge in [0.15, 0.2) is 13.0 Å². The zero-order valence-electron chi connectivity index (χ0n) is 16.2. The smallest absolute Gasteiger partial charge is 0.291 e. The molecule has 0 radical (unpaired) electrons. The Hall–Kier alpha value is -2.55. The number of ether oxygens (including phenoxy) is 2. The first kappa shape index (κ1) is 20.7. The second-order valence-electron chi connectivity index (χ2n) is 6.78. The lowest BCUT2D eigenvalue weighted by molar-refractivity contribution is -0.136. The molecule has 7 nitrogen and oxygen atoms in total. The molecule has 0 bridgehead atoms. The van der Waals surface area contributed by atoms with Crippen LogP contribution in [0.3, 0.4) is 0 Å². The first-order valence-corrected chi connectivity index (χ1v) is 10.8. The molecule has 2 heterocycles. The summed E-state index contributed by atoms with van der Waals surface area (Å²) < 4.78 is 11.6. The van der Waals surface area contributed by atoms with E-state index >= 15 is 0 Å². The van der Waals surface area contributed by atoms with Gasteiger partial charge in [-0.15, -0.1) is 0 Å². The Bertz CT molecular complexity index is 999. The number of thioether (sulfide) groups is 1. The molecule has 1 unspecified atom stereocenters. The first-order valence-electron chi connectivity index (χ1n) is 9.44. The van der Waals surface area contributed by atoms with E-state index in [0.29, 0.717) is 34.2 Å². The number of rotatable bonds is 6. The van der Waals surface area contributed by atoms with E-state index in [9.17, 15) is 14.4 Å². The lowest BCUT2D eigenvalue weighted by atomic mass is 10.1. The summed E-state index contributed by atoms with van der Waals surface area (Å²) in [5.74, 6) is 0.0371. The van der Waals surface area contributed by atoms with Crippen molar-refractivity contribution in [3.8, 4) is 5.75 Å². The topological polar surface area (TPSA) is 76.2 Å². The van der Waals surface area contributed by atoms with Gasteiger partial charge in [-0.05, 0) is 36.8 Å². The lowest BCUT2D eigenvalue weighted by Crippen LogP contribution is -2.39. The van der Waals surface area contributed by atoms with Crippen molar-refractivity contribution in [3.63, 3.8) is 0 Å². The van der Waals surface area contributed by atoms with Gasteiger partial charge in [-0.3, -0.25) is 19.3 Å². The summed E-state index contributed by atoms with van der Waals surface area (Å²) in [6.07, 6.45) is -0.113. The summed E-state index contributed by atoms with van der Waals surface area (Å²) in [5, 5.41) is 0.102. The van der Waals surface area contributed by atoms with Crippen molar-refractivity contribution < 1.29 is 23.9 Å². The van der Waals surface area contributed by atoms with E-state index in [2.05, 4.69) is 0 Å². The van der Waals surface area contributed by atoms with Crippen LogP contribution >= 0.6 is 23.4 Å². The number of anilines is 1. The highest BCUT2D eigenvalue weighted by Crippen LogP contribution is 2.35. The van der Waals surface area contributed by atoms with Gasteiger partial charge in [0.05, 0.1) is 11.3 Å². The molecule has 2 aliphatic rings. The van der Waals surface area contributed by atoms with Crippen molar-refractivity contribution >= 4 is 46.1 Å². The maximum Gasteiger partial charge on any atom is 0.291 e. The minimum absolute atomic E-state index is 0.0365. The van der Waals surface area contributed by atoms with Crippen molar-refractivity contribution in [1.29, 1.82) is 0 Å². The Morgan fingerprint density at radius 1 is 1.20 bits per heavy atom. The van der Waals surface area contributed by atoms with Crippen molar-refractivity contribution in [1.82, 2.24) is 4.90 Å². The summed E-state index contributed by atoms with van der Waals surface area (Å²) in [4.78, 5) is 40.2. The SMILES string of the molecule is CCCOC(c1cccc(N2COc3ccc(Cl)cc3C2=O)c1)N1C(=O)CSC1=O. The van der Waals surface area contributed by atoms with E-state index in [1.54, 1.807) is 42.5 Å². The van der Waals surface area contributed by atoms with Crippen LogP contribution < -0.4 is 9.64 Å². The van der Waals surface area contributed by atoms with Crippen LogP contribution in [0.4, 0.5) is 10.5 Å². The van der Waals surface area contributed by atoms with Crippen LogP contribution in [-0.2, 0) is 9.53 Å². The quantitative estimate of drug-likeness (QED) is 0.652. The molecule has 1 atom stereocenters. The van der Waals surface area contributed by atoms with Gasteiger partial charge in [0.2, 0.25) is 5.91 Å². The third-order valence-electron chi connectivity index (χ3n) is 4.73. The molecule has 0 N–H and O–H groups in total. The number of imide groups is 1. The van der Waals surface area contributed by atoms with Crippen molar-refractivity contribution in [2.45, 2.75) is 19.6 Å². The number of carbonyl (C=O) groups is 3. The van der Waals surface area contributed by atoms with Crippen molar-refractivity contribution in [2.75, 3.05) is 24.0 Å². The minimum Gasteiger partial charge on any atom is -0.472 e. The molecular weight excluding hydrogens is 428 g/mol. The Balaban J connectivity index is 1.66. The molecule has 2 aromatic rings. The lowest BCUT2D eigenvalue weighted by Gasteiger charge is -2.30. The Morgan fingerprint density at radius 2 is 2.03 bits per heavy atom. The standard InChI is InChI=1S/C21H19ClN2O5S/c1-2-8-28-20(24-18(25)11-30-21(24)27)13-4-3-5-15(9-13)23-12-29-17-7-6-14(22)10-16(17)19(23)26/h3-7,9-10,20H,2,8,11-12H2,1H3. The van der Waals surface area contributed by atoms with Gasteiger partial charge in [-0.1, -0.05) is 42.4 Å². The zero-order chi connectivity index (χ0) is 21.3. The summed E-state index contributed by atoms with van der Waals surface area (Å²) in [6.45, 7) is 2.37. The molecular formula is C21H19ClN2O5S. The first-order chi connectivity index (χ1) is 14.5. The number of hydrogen-bond donors (Lipinski definition) is 0. The fraction of sp³-hybridized carbons (Fsp3) is 0.286. The summed E-state index contributed by atoms with van der Waals surface area (Å²) >= 11 is 6.99. The normalized spacial score (nSPS) is 17.2. The summed E-state index contributed by atoms with van der Waals surface area (Å²) in [6, 6.07) is 11.9. The van der Waals surface area contributed by atoms with Crippen molar-refractivity contribution in [3.05, 3.63) is 58.6 Å². The molecule has 1 fully saturated rings. The van der Waals surface area contributed by atoms with Crippen LogP contribution in [-0.4, -0.2) is 41.0 Å². The molecule has 0 spiro atoms. The molecule has 156 valence electrons. The van der Waals surface area contributed by atoms with Crippen LogP contribution in [0.5, 0.6) is 5.75 Å². The molecule has 2 aromatic carbocycles. The van der Waals surface area contributed by atoms with Gasteiger partial charge in [-0.25, -0.2) is 4.90 Å². The zero-order valence-corrected chi connectivity index (χ0v) is 17.7. The minimum atomic E-state index is -0.845. The average molecular weight is 447 g/mol. The molecule has 0 aliphatic carbocycles. The highest BCUT2D eigenvalue weighted by atomic mass is 35.5. The monoisotopic (exact) mass is 446 g/mol. The van der Waals surface area contributed by atoms with Gasteiger partial charge in [0, 0.05) is 22.9 Å². The fourth-order valence-corrected chi connectivity index (χ4v) is 4.21. The maximum absolute atomic E-state index is 13.0. The molecule has 4 rings (SSSR count). The largest absolute Gasteiger partial charge is 0.472 e. The molecule has 0 aromatic heterocycles. The Kier molecular flexibility index (Phi) is 5.99. The highest BCUT2D eigenvalue weighted by molar-refractivity contribution is 8.14. The van der Waals surface area contributed by atoms with E-state index in [1.807, 2.05) is 6.92 Å². The van der Waals surface area contributed by atoms with Crippen LogP contribution in [0.25, 0.3) is 0 Å². The van der Waals surface area contributed by atoms with Crippen LogP contribution in [0.1, 0.15) is 35.5 Å². The highest BCUT2D eigenvalue weighted by Gasteiger charge is 2.38. The van der Waals surface area contributed by atoms with Gasteiger partial charge < -0.3 is 9.47 Å². The fourth-order valence-electron chi connectivity index (χ4n) is 3.31. The van der Waals surface area contributed by atoms with Crippen LogP contribution in [0.2, 0.25) is 5.02 Å². The number of amides is 3. The summed E-state index contributed by atoms with van der Waals surface area (Å²) in [5.41, 5.74) is 1.55. The van der Waals surface area contributed by atoms with Gasteiger partial charge in [0.1, 0.15) is 5.75 Å². The van der Waals surface area contributed by atoms with E-state index in [-0.39, 0.29) is 29.5 Å². The molecule has 9 heteroatoms. The van der Waals surface area contributed by atoms with E-state index in [4.69, 9.17) is 21.1 Å². The number of halogens is 1. The number of benzene rings is 2. The van der Waals surface area contributed by atoms with Crippen LogP contribution in [0.15, 0.2) is 42.5 Å². The Morgan fingerprint density at radius 3 is 2.77 bits per heavy atom. The molecule has 3 amide bonds. The second kappa shape index (κ2) is 8.67. The third-order valence-corrected chi connectivity index (χ3v) is 5.80. The van der Waals surface area contributed by atoms with E-state index in [1.165, 1.54) is 4.90 Å².